The first-order valence-corrected chi connectivity index (χ1v) is 22.5. The molecule has 0 radical (unpaired) electrons. The van der Waals surface area contributed by atoms with Crippen LogP contribution in [0.5, 0.6) is 28.7 Å². The number of carbonyl (C=O) groups excluding carboxylic acids is 1. The third kappa shape index (κ3) is 12.0. The number of aromatic amines is 1. The average Bonchev–Trinajstić information content (AvgIpc) is 3.93. The quantitative estimate of drug-likeness (QED) is 0.0618. The Morgan fingerprint density at radius 2 is 1.55 bits per heavy atom. The zero-order chi connectivity index (χ0) is 43.1. The number of alkyl carbamates (subject to hydrolysis) is 1. The highest BCUT2D eigenvalue weighted by Crippen LogP contribution is 2.34. The minimum absolute atomic E-state index is 0.116. The standard InChI is InChI=1S/C50H66N4O8/c1-36(35-61-47-21-13-16-41-49(47)39-14-5-6-15-40(39)52-41)33-53(29-31-60-46-20-10-9-19-44(46)56-2)27-12-11-26-51-50(55)62-38-24-28-54(34-38)42-17-7-8-18-43(42)59-30-25-37-22-23-45(57-3)48(32-37)58-4/h5-6,9-10,13-16,19-23,32,36,38,42-43,52H,7-8,11-12,17-18,24-31,33-35H2,1-4H3,(H,51,55)/t36?,38-,42-,43-/m1/s1. The van der Waals surface area contributed by atoms with Gasteiger partial charge < -0.3 is 43.5 Å². The fourth-order valence-corrected chi connectivity index (χ4v) is 9.08. The Labute approximate surface area is 367 Å². The van der Waals surface area contributed by atoms with Crippen LogP contribution >= 0.6 is 0 Å². The average molecular weight is 851 g/mol. The summed E-state index contributed by atoms with van der Waals surface area (Å²) in [7, 11) is 4.97. The lowest BCUT2D eigenvalue weighted by molar-refractivity contribution is -0.0319. The number of H-pyrrole nitrogens is 1. The third-order valence-corrected chi connectivity index (χ3v) is 12.2. The van der Waals surface area contributed by atoms with Gasteiger partial charge in [0.15, 0.2) is 23.0 Å². The number of nitrogens with zero attached hydrogens (tertiary/aromatic N) is 2. The Bertz CT molecular complexity index is 2160. The minimum Gasteiger partial charge on any atom is -0.493 e. The maximum absolute atomic E-state index is 13.0. The molecule has 334 valence electrons. The molecular formula is C50H66N4O8. The normalized spacial score (nSPS) is 18.5. The Hall–Kier alpha value is -5.17. The number of likely N-dealkylation sites (tertiary alicyclic amines) is 1. The lowest BCUT2D eigenvalue weighted by atomic mass is 9.91. The highest BCUT2D eigenvalue weighted by molar-refractivity contribution is 6.10. The lowest BCUT2D eigenvalue weighted by Gasteiger charge is -2.37. The summed E-state index contributed by atoms with van der Waals surface area (Å²) in [4.78, 5) is 21.4. The van der Waals surface area contributed by atoms with E-state index in [2.05, 4.69) is 63.4 Å². The topological polar surface area (TPSA) is 116 Å². The maximum atomic E-state index is 13.0. The number of hydrogen-bond acceptors (Lipinski definition) is 10. The molecule has 2 heterocycles. The number of carbonyl (C=O) groups is 1. The van der Waals surface area contributed by atoms with Crippen LogP contribution in [0.3, 0.4) is 0 Å². The molecule has 1 aliphatic carbocycles. The van der Waals surface area contributed by atoms with Crippen LogP contribution in [0.1, 0.15) is 57.4 Å². The van der Waals surface area contributed by atoms with E-state index in [1.807, 2.05) is 48.5 Å². The van der Waals surface area contributed by atoms with Crippen molar-refractivity contribution in [1.82, 2.24) is 20.1 Å². The van der Waals surface area contributed by atoms with Crippen LogP contribution < -0.4 is 29.0 Å². The van der Waals surface area contributed by atoms with Crippen molar-refractivity contribution >= 4 is 27.9 Å². The number of ether oxygens (including phenoxy) is 7. The second kappa shape index (κ2) is 22.8. The van der Waals surface area contributed by atoms with E-state index in [9.17, 15) is 4.79 Å². The number of hydrogen-bond donors (Lipinski definition) is 2. The highest BCUT2D eigenvalue weighted by Gasteiger charge is 2.36. The molecule has 12 nitrogen and oxygen atoms in total. The molecule has 2 fully saturated rings. The predicted molar refractivity (Wildman–Crippen MR) is 244 cm³/mol. The first-order chi connectivity index (χ1) is 30.4. The molecule has 1 amide bonds. The molecular weight excluding hydrogens is 785 g/mol. The van der Waals surface area contributed by atoms with Crippen LogP contribution in [0.4, 0.5) is 4.79 Å². The van der Waals surface area contributed by atoms with Crippen molar-refractivity contribution in [2.75, 3.05) is 80.4 Å². The van der Waals surface area contributed by atoms with Gasteiger partial charge in [-0.3, -0.25) is 9.80 Å². The third-order valence-electron chi connectivity index (χ3n) is 12.2. The zero-order valence-corrected chi connectivity index (χ0v) is 37.1. The Morgan fingerprint density at radius 1 is 0.790 bits per heavy atom. The molecule has 2 aliphatic rings. The molecule has 0 bridgehead atoms. The summed E-state index contributed by atoms with van der Waals surface area (Å²) in [5, 5.41) is 5.32. The van der Waals surface area contributed by atoms with E-state index < -0.39 is 0 Å². The molecule has 7 rings (SSSR count). The first-order valence-electron chi connectivity index (χ1n) is 22.5. The van der Waals surface area contributed by atoms with Crippen molar-refractivity contribution in [2.45, 2.75) is 76.5 Å². The second-order valence-electron chi connectivity index (χ2n) is 16.7. The summed E-state index contributed by atoms with van der Waals surface area (Å²) in [6.45, 7) is 8.68. The van der Waals surface area contributed by atoms with E-state index in [4.69, 9.17) is 33.2 Å². The fraction of sp³-hybridized carbons (Fsp3) is 0.500. The minimum atomic E-state index is -0.332. The van der Waals surface area contributed by atoms with Gasteiger partial charge in [0.2, 0.25) is 0 Å². The van der Waals surface area contributed by atoms with Gasteiger partial charge in [-0.25, -0.2) is 4.79 Å². The number of rotatable bonds is 23. The summed E-state index contributed by atoms with van der Waals surface area (Å²) in [5.74, 6) is 4.09. The smallest absolute Gasteiger partial charge is 0.407 e. The summed E-state index contributed by atoms with van der Waals surface area (Å²) in [5.41, 5.74) is 3.34. The van der Waals surface area contributed by atoms with Gasteiger partial charge in [0, 0.05) is 61.0 Å². The molecule has 62 heavy (non-hydrogen) atoms. The molecule has 2 N–H and O–H groups in total. The lowest BCUT2D eigenvalue weighted by Crippen LogP contribution is -2.46. The molecule has 1 aliphatic heterocycles. The van der Waals surface area contributed by atoms with Gasteiger partial charge in [0.1, 0.15) is 18.5 Å². The number of methoxy groups -OCH3 is 3. The SMILES string of the molecule is COc1ccc(CCO[C@@H]2CCCC[C@H]2N2CC[C@@H](OC(=O)NCCCCN(CCOc3ccccc3OC)CC(C)COc3cccc4[nH]c5ccccc5c34)C2)cc1OC. The monoisotopic (exact) mass is 850 g/mol. The van der Waals surface area contributed by atoms with Crippen molar-refractivity contribution in [3.8, 4) is 28.7 Å². The first kappa shape index (κ1) is 44.9. The van der Waals surface area contributed by atoms with Gasteiger partial charge in [-0.1, -0.05) is 62.2 Å². The highest BCUT2D eigenvalue weighted by atomic mass is 16.6. The number of para-hydroxylation sites is 3. The molecule has 4 atom stereocenters. The van der Waals surface area contributed by atoms with Crippen LogP contribution in [-0.4, -0.2) is 120 Å². The van der Waals surface area contributed by atoms with E-state index >= 15 is 0 Å². The zero-order valence-electron chi connectivity index (χ0n) is 37.1. The van der Waals surface area contributed by atoms with Gasteiger partial charge in [0.05, 0.1) is 46.2 Å². The summed E-state index contributed by atoms with van der Waals surface area (Å²) >= 11 is 0. The predicted octanol–water partition coefficient (Wildman–Crippen LogP) is 8.89. The van der Waals surface area contributed by atoms with Crippen molar-refractivity contribution in [3.05, 3.63) is 90.5 Å². The summed E-state index contributed by atoms with van der Waals surface area (Å²) in [6, 6.07) is 28.7. The number of amides is 1. The number of fused-ring (bicyclic) bond motifs is 3. The maximum Gasteiger partial charge on any atom is 0.407 e. The van der Waals surface area contributed by atoms with E-state index in [1.165, 1.54) is 18.2 Å². The molecule has 4 aromatic carbocycles. The molecule has 1 unspecified atom stereocenters. The fourth-order valence-electron chi connectivity index (χ4n) is 9.08. The van der Waals surface area contributed by atoms with E-state index in [1.54, 1.807) is 21.3 Å². The van der Waals surface area contributed by atoms with Crippen LogP contribution in [0, 0.1) is 5.92 Å². The largest absolute Gasteiger partial charge is 0.493 e. The van der Waals surface area contributed by atoms with Crippen molar-refractivity contribution in [2.24, 2.45) is 5.92 Å². The van der Waals surface area contributed by atoms with Crippen molar-refractivity contribution < 1.29 is 38.0 Å². The Kier molecular flexibility index (Phi) is 16.5. The van der Waals surface area contributed by atoms with Gasteiger partial charge in [-0.2, -0.15) is 0 Å². The Morgan fingerprint density at radius 3 is 2.40 bits per heavy atom. The molecule has 0 spiro atoms. The van der Waals surface area contributed by atoms with Gasteiger partial charge in [-0.05, 0) is 93.1 Å². The number of nitrogens with one attached hydrogen (secondary N) is 2. The number of unbranched alkanes of at least 4 members (excludes halogenated alkanes) is 1. The van der Waals surface area contributed by atoms with Gasteiger partial charge in [-0.15, -0.1) is 0 Å². The van der Waals surface area contributed by atoms with Crippen LogP contribution in [0.15, 0.2) is 84.9 Å². The van der Waals surface area contributed by atoms with E-state index in [0.29, 0.717) is 32.4 Å². The van der Waals surface area contributed by atoms with Crippen LogP contribution in [0.2, 0.25) is 0 Å². The molecule has 12 heteroatoms. The van der Waals surface area contributed by atoms with Crippen molar-refractivity contribution in [3.63, 3.8) is 0 Å². The second-order valence-corrected chi connectivity index (χ2v) is 16.7. The van der Waals surface area contributed by atoms with E-state index in [-0.39, 0.29) is 24.2 Å². The van der Waals surface area contributed by atoms with Crippen LogP contribution in [-0.2, 0) is 15.9 Å². The molecule has 1 saturated heterocycles. The Balaban J connectivity index is 0.841. The van der Waals surface area contributed by atoms with Gasteiger partial charge >= 0.3 is 6.09 Å². The summed E-state index contributed by atoms with van der Waals surface area (Å²) in [6.07, 6.45) is 7.69. The number of aromatic nitrogens is 1. The van der Waals surface area contributed by atoms with Crippen LogP contribution in [0.25, 0.3) is 21.8 Å². The molecule has 1 aromatic heterocycles. The molecule has 5 aromatic rings. The number of benzene rings is 4. The van der Waals surface area contributed by atoms with E-state index in [0.717, 1.165) is 122 Å². The molecule has 1 saturated carbocycles. The summed E-state index contributed by atoms with van der Waals surface area (Å²) < 4.78 is 41.5. The van der Waals surface area contributed by atoms with Gasteiger partial charge in [0.25, 0.3) is 0 Å². The van der Waals surface area contributed by atoms with Crippen molar-refractivity contribution in [1.29, 1.82) is 0 Å².